The van der Waals surface area contributed by atoms with Crippen molar-refractivity contribution in [2.45, 2.75) is 32.2 Å². The summed E-state index contributed by atoms with van der Waals surface area (Å²) < 4.78 is 2.10. The zero-order valence-corrected chi connectivity index (χ0v) is 19.1. The summed E-state index contributed by atoms with van der Waals surface area (Å²) in [6, 6.07) is 22.5. The molecule has 0 bridgehead atoms. The van der Waals surface area contributed by atoms with E-state index < -0.39 is 0 Å². The van der Waals surface area contributed by atoms with Crippen molar-refractivity contribution in [1.29, 1.82) is 0 Å². The molecule has 5 heteroatoms. The summed E-state index contributed by atoms with van der Waals surface area (Å²) in [6.07, 6.45) is 4.28. The van der Waals surface area contributed by atoms with Gasteiger partial charge in [0, 0.05) is 44.5 Å². The molecule has 0 fully saturated rings. The normalized spacial score (nSPS) is 13.0. The summed E-state index contributed by atoms with van der Waals surface area (Å²) in [5.74, 6) is -0.0865. The second kappa shape index (κ2) is 9.27. The number of hydrogen-bond acceptors (Lipinski definition) is 3. The van der Waals surface area contributed by atoms with E-state index in [-0.39, 0.29) is 17.9 Å². The predicted octanol–water partition coefficient (Wildman–Crippen LogP) is 5.11. The molecule has 0 unspecified atom stereocenters. The first-order valence-corrected chi connectivity index (χ1v) is 11.0. The monoisotopic (exact) mass is 426 g/mol. The van der Waals surface area contributed by atoms with E-state index in [0.717, 1.165) is 33.7 Å². The number of benzene rings is 2. The molecule has 0 spiro atoms. The van der Waals surface area contributed by atoms with Gasteiger partial charge in [0.1, 0.15) is 5.65 Å². The molecule has 2 aromatic heterocycles. The molecule has 5 nitrogen and oxygen atoms in total. The molecule has 0 saturated heterocycles. The zero-order chi connectivity index (χ0) is 22.7. The maximum atomic E-state index is 13.1. The van der Waals surface area contributed by atoms with Crippen LogP contribution in [-0.2, 0) is 4.79 Å². The lowest BCUT2D eigenvalue weighted by atomic mass is 9.91. The average molecular weight is 427 g/mol. The number of aromatic nitrogens is 2. The SMILES string of the molecule is Cc1cccn2c([C@H](CC(=O)N[C@@H](C)c3ccccc3)c3ccc(N(C)C)cc3)cnc12. The molecule has 0 aliphatic carbocycles. The lowest BCUT2D eigenvalue weighted by molar-refractivity contribution is -0.122. The fourth-order valence-electron chi connectivity index (χ4n) is 4.14. The van der Waals surface area contributed by atoms with Crippen LogP contribution in [0, 0.1) is 6.92 Å². The minimum atomic E-state index is -0.106. The quantitative estimate of drug-likeness (QED) is 0.447. The van der Waals surface area contributed by atoms with Gasteiger partial charge in [-0.15, -0.1) is 0 Å². The second-order valence-electron chi connectivity index (χ2n) is 8.51. The van der Waals surface area contributed by atoms with Crippen molar-refractivity contribution in [3.8, 4) is 0 Å². The van der Waals surface area contributed by atoms with Crippen LogP contribution in [0.4, 0.5) is 5.69 Å². The first kappa shape index (κ1) is 21.6. The molecule has 2 heterocycles. The fraction of sp³-hybridized carbons (Fsp3) is 0.259. The molecule has 1 N–H and O–H groups in total. The van der Waals surface area contributed by atoms with Crippen molar-refractivity contribution < 1.29 is 4.79 Å². The van der Waals surface area contributed by atoms with Crippen LogP contribution in [0.2, 0.25) is 0 Å². The maximum absolute atomic E-state index is 13.1. The summed E-state index contributed by atoms with van der Waals surface area (Å²) in [6.45, 7) is 4.08. The molecule has 4 rings (SSSR count). The lowest BCUT2D eigenvalue weighted by Gasteiger charge is -2.21. The smallest absolute Gasteiger partial charge is 0.221 e. The van der Waals surface area contributed by atoms with Crippen molar-refractivity contribution in [2.24, 2.45) is 0 Å². The van der Waals surface area contributed by atoms with Crippen LogP contribution < -0.4 is 10.2 Å². The zero-order valence-electron chi connectivity index (χ0n) is 19.1. The molecular weight excluding hydrogens is 396 g/mol. The first-order valence-electron chi connectivity index (χ1n) is 11.0. The highest BCUT2D eigenvalue weighted by molar-refractivity contribution is 5.78. The van der Waals surface area contributed by atoms with Crippen molar-refractivity contribution in [3.63, 3.8) is 0 Å². The Balaban J connectivity index is 1.66. The van der Waals surface area contributed by atoms with Gasteiger partial charge in [0.05, 0.1) is 11.7 Å². The van der Waals surface area contributed by atoms with Crippen LogP contribution in [0.15, 0.2) is 79.1 Å². The molecule has 0 saturated carbocycles. The number of pyridine rings is 1. The molecule has 0 aliphatic heterocycles. The van der Waals surface area contributed by atoms with Crippen molar-refractivity contribution in [1.82, 2.24) is 14.7 Å². The van der Waals surface area contributed by atoms with Gasteiger partial charge in [-0.05, 0) is 48.7 Å². The van der Waals surface area contributed by atoms with Gasteiger partial charge in [-0.25, -0.2) is 4.98 Å². The number of nitrogens with zero attached hydrogens (tertiary/aromatic N) is 3. The van der Waals surface area contributed by atoms with E-state index in [0.29, 0.717) is 6.42 Å². The minimum Gasteiger partial charge on any atom is -0.378 e. The summed E-state index contributed by atoms with van der Waals surface area (Å²) in [5, 5.41) is 3.17. The number of rotatable bonds is 7. The second-order valence-corrected chi connectivity index (χ2v) is 8.51. The van der Waals surface area contributed by atoms with Gasteiger partial charge in [0.25, 0.3) is 0 Å². The van der Waals surface area contributed by atoms with E-state index in [1.54, 1.807) is 0 Å². The molecule has 2 aromatic carbocycles. The van der Waals surface area contributed by atoms with Gasteiger partial charge in [-0.1, -0.05) is 48.5 Å². The van der Waals surface area contributed by atoms with Gasteiger partial charge in [-0.3, -0.25) is 4.79 Å². The summed E-state index contributed by atoms with van der Waals surface area (Å²) in [5.41, 5.74) is 6.38. The Kier molecular flexibility index (Phi) is 6.26. The third-order valence-electron chi connectivity index (χ3n) is 5.99. The number of imidazole rings is 1. The van der Waals surface area contributed by atoms with E-state index in [1.807, 2.05) is 69.8 Å². The van der Waals surface area contributed by atoms with Gasteiger partial charge < -0.3 is 14.6 Å². The Morgan fingerprint density at radius 2 is 1.72 bits per heavy atom. The van der Waals surface area contributed by atoms with Crippen LogP contribution in [-0.4, -0.2) is 29.4 Å². The van der Waals surface area contributed by atoms with Gasteiger partial charge in [0.2, 0.25) is 5.91 Å². The van der Waals surface area contributed by atoms with Gasteiger partial charge in [-0.2, -0.15) is 0 Å². The molecule has 0 aliphatic rings. The summed E-state index contributed by atoms with van der Waals surface area (Å²) in [7, 11) is 4.05. The van der Waals surface area contributed by atoms with E-state index in [4.69, 9.17) is 0 Å². The van der Waals surface area contributed by atoms with E-state index in [2.05, 4.69) is 56.9 Å². The third kappa shape index (κ3) is 4.52. The van der Waals surface area contributed by atoms with Crippen LogP contribution in [0.1, 0.15) is 47.7 Å². The van der Waals surface area contributed by atoms with Crippen LogP contribution in [0.3, 0.4) is 0 Å². The van der Waals surface area contributed by atoms with E-state index >= 15 is 0 Å². The topological polar surface area (TPSA) is 49.6 Å². The number of carbonyl (C=O) groups excluding carboxylic acids is 1. The highest BCUT2D eigenvalue weighted by Gasteiger charge is 2.23. The standard InChI is InChI=1S/C27H30N4O/c1-19-9-8-16-31-25(18-28-27(19)31)24(22-12-14-23(15-13-22)30(3)4)17-26(32)29-20(2)21-10-6-5-7-11-21/h5-16,18,20,24H,17H2,1-4H3,(H,29,32)/t20-,24+/m0/s1. The largest absolute Gasteiger partial charge is 0.378 e. The predicted molar refractivity (Wildman–Crippen MR) is 130 cm³/mol. The van der Waals surface area contributed by atoms with Crippen LogP contribution in [0.25, 0.3) is 5.65 Å². The summed E-state index contributed by atoms with van der Waals surface area (Å²) >= 11 is 0. The van der Waals surface area contributed by atoms with E-state index in [9.17, 15) is 4.79 Å². The molecule has 32 heavy (non-hydrogen) atoms. The Bertz CT molecular complexity index is 1200. The van der Waals surface area contributed by atoms with Gasteiger partial charge in [0.15, 0.2) is 0 Å². The number of carbonyl (C=O) groups is 1. The Hall–Kier alpha value is -3.60. The average Bonchev–Trinajstić information content (AvgIpc) is 3.23. The van der Waals surface area contributed by atoms with Crippen molar-refractivity contribution in [2.75, 3.05) is 19.0 Å². The number of fused-ring (bicyclic) bond motifs is 1. The lowest BCUT2D eigenvalue weighted by Crippen LogP contribution is -2.28. The maximum Gasteiger partial charge on any atom is 0.221 e. The fourth-order valence-corrected chi connectivity index (χ4v) is 4.14. The molecule has 2 atom stereocenters. The minimum absolute atomic E-state index is 0.0191. The Morgan fingerprint density at radius 1 is 1.00 bits per heavy atom. The highest BCUT2D eigenvalue weighted by atomic mass is 16.1. The number of aryl methyl sites for hydroxylation is 1. The van der Waals surface area contributed by atoms with Crippen LogP contribution in [0.5, 0.6) is 0 Å². The summed E-state index contributed by atoms with van der Waals surface area (Å²) in [4.78, 5) is 19.9. The van der Waals surface area contributed by atoms with Gasteiger partial charge >= 0.3 is 0 Å². The Morgan fingerprint density at radius 3 is 2.41 bits per heavy atom. The van der Waals surface area contributed by atoms with Crippen LogP contribution >= 0.6 is 0 Å². The number of nitrogens with one attached hydrogen (secondary N) is 1. The number of anilines is 1. The highest BCUT2D eigenvalue weighted by Crippen LogP contribution is 2.31. The van der Waals surface area contributed by atoms with Crippen molar-refractivity contribution >= 4 is 17.2 Å². The molecule has 164 valence electrons. The molecule has 4 aromatic rings. The Labute approximate surface area is 189 Å². The van der Waals surface area contributed by atoms with Crippen molar-refractivity contribution in [3.05, 3.63) is 102 Å². The molecular formula is C27H30N4O. The third-order valence-corrected chi connectivity index (χ3v) is 5.99. The molecule has 0 radical (unpaired) electrons. The number of amides is 1. The number of hydrogen-bond donors (Lipinski definition) is 1. The first-order chi connectivity index (χ1) is 15.4. The van der Waals surface area contributed by atoms with E-state index in [1.165, 1.54) is 0 Å². The molecule has 1 amide bonds.